The number of hydrogen-bond acceptors (Lipinski definition) is 4. The zero-order valence-corrected chi connectivity index (χ0v) is 10.7. The summed E-state index contributed by atoms with van der Waals surface area (Å²) >= 11 is 0. The molecule has 0 aliphatic heterocycles. The number of nitrogens with zero attached hydrogens (tertiary/aromatic N) is 1. The average molecular weight is 230 g/mol. The standard InChI is InChI=1S/C11H22N2O3/c1-6-11(4,12)10(15)13(8(2)3)7-9(14)16-5/h8H,6-7,12H2,1-5H3. The van der Waals surface area contributed by atoms with E-state index in [1.165, 1.54) is 12.0 Å². The molecule has 0 aliphatic rings. The maximum Gasteiger partial charge on any atom is 0.325 e. The summed E-state index contributed by atoms with van der Waals surface area (Å²) < 4.78 is 4.55. The fourth-order valence-electron chi connectivity index (χ4n) is 1.17. The van der Waals surface area contributed by atoms with Gasteiger partial charge in [0.1, 0.15) is 6.54 Å². The molecule has 0 saturated heterocycles. The van der Waals surface area contributed by atoms with Gasteiger partial charge in [-0.05, 0) is 27.2 Å². The van der Waals surface area contributed by atoms with Crippen molar-refractivity contribution >= 4 is 11.9 Å². The van der Waals surface area contributed by atoms with Crippen molar-refractivity contribution in [1.82, 2.24) is 4.90 Å². The molecule has 1 atom stereocenters. The minimum atomic E-state index is -0.932. The summed E-state index contributed by atoms with van der Waals surface area (Å²) in [6.07, 6.45) is 0.524. The lowest BCUT2D eigenvalue weighted by atomic mass is 9.98. The van der Waals surface area contributed by atoms with Crippen molar-refractivity contribution < 1.29 is 14.3 Å². The highest BCUT2D eigenvalue weighted by Crippen LogP contribution is 2.12. The van der Waals surface area contributed by atoms with Crippen LogP contribution in [-0.4, -0.2) is 42.0 Å². The van der Waals surface area contributed by atoms with Gasteiger partial charge in [0, 0.05) is 6.04 Å². The molecule has 0 bridgehead atoms. The Balaban J connectivity index is 4.80. The van der Waals surface area contributed by atoms with Crippen molar-refractivity contribution in [3.05, 3.63) is 0 Å². The van der Waals surface area contributed by atoms with Gasteiger partial charge in [-0.25, -0.2) is 0 Å². The molecule has 16 heavy (non-hydrogen) atoms. The van der Waals surface area contributed by atoms with E-state index < -0.39 is 11.5 Å². The van der Waals surface area contributed by atoms with Gasteiger partial charge in [0.15, 0.2) is 0 Å². The molecular formula is C11H22N2O3. The molecule has 0 aromatic heterocycles. The van der Waals surface area contributed by atoms with Crippen molar-refractivity contribution in [3.8, 4) is 0 Å². The van der Waals surface area contributed by atoms with Gasteiger partial charge in [0.05, 0.1) is 12.6 Å². The highest BCUT2D eigenvalue weighted by atomic mass is 16.5. The van der Waals surface area contributed by atoms with Gasteiger partial charge in [0.2, 0.25) is 5.91 Å². The monoisotopic (exact) mass is 230 g/mol. The summed E-state index contributed by atoms with van der Waals surface area (Å²) in [4.78, 5) is 24.7. The first-order valence-corrected chi connectivity index (χ1v) is 5.43. The molecular weight excluding hydrogens is 208 g/mol. The number of ether oxygens (including phenoxy) is 1. The van der Waals surface area contributed by atoms with Gasteiger partial charge in [-0.1, -0.05) is 6.92 Å². The Labute approximate surface area is 96.9 Å². The van der Waals surface area contributed by atoms with E-state index in [0.29, 0.717) is 6.42 Å². The molecule has 1 amide bonds. The maximum absolute atomic E-state index is 12.1. The van der Waals surface area contributed by atoms with E-state index in [1.807, 2.05) is 20.8 Å². The third kappa shape index (κ3) is 3.81. The van der Waals surface area contributed by atoms with Crippen LogP contribution >= 0.6 is 0 Å². The van der Waals surface area contributed by atoms with Gasteiger partial charge < -0.3 is 15.4 Å². The molecule has 94 valence electrons. The molecule has 5 nitrogen and oxygen atoms in total. The van der Waals surface area contributed by atoms with Gasteiger partial charge >= 0.3 is 5.97 Å². The average Bonchev–Trinajstić information content (AvgIpc) is 2.23. The summed E-state index contributed by atoms with van der Waals surface area (Å²) in [6, 6.07) is -0.0824. The topological polar surface area (TPSA) is 72.6 Å². The van der Waals surface area contributed by atoms with Crippen molar-refractivity contribution in [1.29, 1.82) is 0 Å². The molecule has 0 heterocycles. The predicted octanol–water partition coefficient (Wildman–Crippen LogP) is 0.524. The Kier molecular flexibility index (Phi) is 5.44. The number of methoxy groups -OCH3 is 1. The number of carbonyl (C=O) groups is 2. The number of amides is 1. The highest BCUT2D eigenvalue weighted by molar-refractivity contribution is 5.88. The molecule has 0 radical (unpaired) electrons. The Hall–Kier alpha value is -1.10. The summed E-state index contributed by atoms with van der Waals surface area (Å²) in [7, 11) is 1.30. The molecule has 0 aromatic rings. The van der Waals surface area contributed by atoms with Crippen LogP contribution in [0.25, 0.3) is 0 Å². The van der Waals surface area contributed by atoms with Crippen LogP contribution in [0.5, 0.6) is 0 Å². The van der Waals surface area contributed by atoms with Crippen LogP contribution in [0, 0.1) is 0 Å². The molecule has 5 heteroatoms. The Bertz CT molecular complexity index is 262. The molecule has 0 rings (SSSR count). The van der Waals surface area contributed by atoms with Crippen LogP contribution < -0.4 is 5.73 Å². The van der Waals surface area contributed by atoms with Crippen LogP contribution in [0.2, 0.25) is 0 Å². The number of rotatable bonds is 5. The maximum atomic E-state index is 12.1. The third-order valence-electron chi connectivity index (χ3n) is 2.63. The molecule has 2 N–H and O–H groups in total. The second-order valence-corrected chi connectivity index (χ2v) is 4.37. The van der Waals surface area contributed by atoms with Crippen LogP contribution in [0.3, 0.4) is 0 Å². The van der Waals surface area contributed by atoms with Gasteiger partial charge in [-0.3, -0.25) is 9.59 Å². The summed E-state index contributed by atoms with van der Waals surface area (Å²) in [5.74, 6) is -0.663. The van der Waals surface area contributed by atoms with E-state index in [-0.39, 0.29) is 18.5 Å². The SMILES string of the molecule is CCC(C)(N)C(=O)N(CC(=O)OC)C(C)C. The van der Waals surface area contributed by atoms with Gasteiger partial charge in [-0.15, -0.1) is 0 Å². The quantitative estimate of drug-likeness (QED) is 0.699. The molecule has 0 aromatic carbocycles. The first kappa shape index (κ1) is 14.9. The Morgan fingerprint density at radius 3 is 2.25 bits per heavy atom. The lowest BCUT2D eigenvalue weighted by Gasteiger charge is -2.33. The third-order valence-corrected chi connectivity index (χ3v) is 2.63. The van der Waals surface area contributed by atoms with Gasteiger partial charge in [-0.2, -0.15) is 0 Å². The molecule has 1 unspecified atom stereocenters. The van der Waals surface area contributed by atoms with Crippen LogP contribution in [0.1, 0.15) is 34.1 Å². The summed E-state index contributed by atoms with van der Waals surface area (Å²) in [6.45, 7) is 7.13. The van der Waals surface area contributed by atoms with Crippen molar-refractivity contribution in [2.45, 2.75) is 45.7 Å². The van der Waals surface area contributed by atoms with Crippen molar-refractivity contribution in [2.75, 3.05) is 13.7 Å². The molecule has 0 spiro atoms. The lowest BCUT2D eigenvalue weighted by molar-refractivity contribution is -0.150. The predicted molar refractivity (Wildman–Crippen MR) is 61.7 cm³/mol. The van der Waals surface area contributed by atoms with Crippen LogP contribution in [0.4, 0.5) is 0 Å². The minimum Gasteiger partial charge on any atom is -0.468 e. The minimum absolute atomic E-state index is 0.0558. The highest BCUT2D eigenvalue weighted by Gasteiger charge is 2.33. The number of hydrogen-bond donors (Lipinski definition) is 1. The molecule has 0 fully saturated rings. The second-order valence-electron chi connectivity index (χ2n) is 4.37. The van der Waals surface area contributed by atoms with Crippen LogP contribution in [0.15, 0.2) is 0 Å². The van der Waals surface area contributed by atoms with E-state index in [9.17, 15) is 9.59 Å². The Morgan fingerprint density at radius 2 is 1.94 bits per heavy atom. The normalized spacial score (nSPS) is 14.4. The second kappa shape index (κ2) is 5.84. The zero-order chi connectivity index (χ0) is 12.9. The van der Waals surface area contributed by atoms with E-state index in [0.717, 1.165) is 0 Å². The van der Waals surface area contributed by atoms with E-state index in [4.69, 9.17) is 5.73 Å². The fraction of sp³-hybridized carbons (Fsp3) is 0.818. The summed E-state index contributed by atoms with van der Waals surface area (Å²) in [5, 5.41) is 0. The number of nitrogens with two attached hydrogens (primary N) is 1. The largest absolute Gasteiger partial charge is 0.468 e. The number of esters is 1. The first-order valence-electron chi connectivity index (χ1n) is 5.43. The number of carbonyl (C=O) groups excluding carboxylic acids is 2. The van der Waals surface area contributed by atoms with Gasteiger partial charge in [0.25, 0.3) is 0 Å². The fourth-order valence-corrected chi connectivity index (χ4v) is 1.17. The molecule has 0 aliphatic carbocycles. The van der Waals surface area contributed by atoms with E-state index in [1.54, 1.807) is 6.92 Å². The Morgan fingerprint density at radius 1 is 1.44 bits per heavy atom. The van der Waals surface area contributed by atoms with E-state index >= 15 is 0 Å². The van der Waals surface area contributed by atoms with Crippen LogP contribution in [-0.2, 0) is 14.3 Å². The smallest absolute Gasteiger partial charge is 0.325 e. The van der Waals surface area contributed by atoms with Crippen molar-refractivity contribution in [2.24, 2.45) is 5.73 Å². The lowest BCUT2D eigenvalue weighted by Crippen LogP contribution is -2.56. The van der Waals surface area contributed by atoms with E-state index in [2.05, 4.69) is 4.74 Å². The molecule has 0 saturated carbocycles. The first-order chi connectivity index (χ1) is 7.26. The van der Waals surface area contributed by atoms with Crippen molar-refractivity contribution in [3.63, 3.8) is 0 Å². The zero-order valence-electron chi connectivity index (χ0n) is 10.7. The summed E-state index contributed by atoms with van der Waals surface area (Å²) in [5.41, 5.74) is 4.94.